The Morgan fingerprint density at radius 2 is 1.53 bits per heavy atom. The lowest BCUT2D eigenvalue weighted by molar-refractivity contribution is 0.402. The van der Waals surface area contributed by atoms with Crippen molar-refractivity contribution in [2.45, 2.75) is 72.6 Å². The van der Waals surface area contributed by atoms with Crippen molar-refractivity contribution in [2.24, 2.45) is 0 Å². The smallest absolute Gasteiger partial charge is 0.0101 e. The summed E-state index contributed by atoms with van der Waals surface area (Å²) in [5.41, 5.74) is 3.52. The Morgan fingerprint density at radius 1 is 1.00 bits per heavy atom. The zero-order valence-electron chi connectivity index (χ0n) is 12.8. The Bertz CT molecular complexity index is 310. The Kier molecular flexibility index (Phi) is 7.18. The van der Waals surface area contributed by atoms with E-state index in [0.717, 1.165) is 5.92 Å². The summed E-state index contributed by atoms with van der Waals surface area (Å²) in [4.78, 5) is 0. The highest BCUT2D eigenvalue weighted by atomic mass is 14.3. The lowest BCUT2D eigenvalue weighted by Crippen LogP contribution is -2.25. The zero-order valence-corrected chi connectivity index (χ0v) is 12.8. The number of benzene rings is 1. The van der Waals surface area contributed by atoms with Crippen LogP contribution >= 0.6 is 0 Å². The Morgan fingerprint density at radius 3 is 2.06 bits per heavy atom. The molecule has 17 heavy (non-hydrogen) atoms. The summed E-state index contributed by atoms with van der Waals surface area (Å²) in [6.07, 6.45) is 2.66. The maximum atomic E-state index is 2.36. The molecule has 0 nitrogen and oxygen atoms in total. The van der Waals surface area contributed by atoms with Crippen LogP contribution in [0, 0.1) is 0 Å². The summed E-state index contributed by atoms with van der Waals surface area (Å²) in [5.74, 6) is 0.754. The van der Waals surface area contributed by atoms with E-state index in [0.29, 0.717) is 5.41 Å². The highest BCUT2D eigenvalue weighted by molar-refractivity contribution is 5.37. The molecule has 0 unspecified atom stereocenters. The summed E-state index contributed by atoms with van der Waals surface area (Å²) in [6, 6.07) is 8.92. The quantitative estimate of drug-likeness (QED) is 0.523. The number of hydrogen-bond acceptors (Lipinski definition) is 0. The molecule has 0 bridgehead atoms. The van der Waals surface area contributed by atoms with E-state index in [2.05, 4.69) is 45.0 Å². The van der Waals surface area contributed by atoms with E-state index in [1.165, 1.54) is 12.8 Å². The van der Waals surface area contributed by atoms with Gasteiger partial charge in [0.15, 0.2) is 0 Å². The molecule has 1 atom stereocenters. The van der Waals surface area contributed by atoms with E-state index in [1.54, 1.807) is 11.1 Å². The summed E-state index contributed by atoms with van der Waals surface area (Å²) in [7, 11) is 0. The van der Waals surface area contributed by atoms with Crippen LogP contribution in [0.25, 0.3) is 0 Å². The Hall–Kier alpha value is -0.780. The zero-order chi connectivity index (χ0) is 13.5. The molecule has 0 aliphatic heterocycles. The normalized spacial score (nSPS) is 20.1. The van der Waals surface area contributed by atoms with Crippen molar-refractivity contribution < 1.29 is 0 Å². The molecule has 0 heterocycles. The van der Waals surface area contributed by atoms with Crippen LogP contribution in [0.2, 0.25) is 0 Å². The summed E-state index contributed by atoms with van der Waals surface area (Å²) >= 11 is 0. The molecule has 0 saturated heterocycles. The van der Waals surface area contributed by atoms with Gasteiger partial charge in [-0.05, 0) is 35.3 Å². The second kappa shape index (κ2) is 7.53. The average Bonchev–Trinajstić information content (AvgIpc) is 2.40. The molecule has 1 aliphatic carbocycles. The SMILES string of the molecule is CC.CC.C[C@H]1CCC(C)(C)c2ccccc21. The molecule has 1 aromatic rings. The molecule has 98 valence electrons. The van der Waals surface area contributed by atoms with Crippen molar-refractivity contribution >= 4 is 0 Å². The highest BCUT2D eigenvalue weighted by Gasteiger charge is 2.29. The molecule has 0 aromatic heterocycles. The fraction of sp³-hybridized carbons (Fsp3) is 0.647. The van der Waals surface area contributed by atoms with Crippen LogP contribution < -0.4 is 0 Å². The predicted molar refractivity (Wildman–Crippen MR) is 79.8 cm³/mol. The van der Waals surface area contributed by atoms with Crippen LogP contribution in [-0.4, -0.2) is 0 Å². The highest BCUT2D eigenvalue weighted by Crippen LogP contribution is 2.41. The van der Waals surface area contributed by atoms with Gasteiger partial charge >= 0.3 is 0 Å². The van der Waals surface area contributed by atoms with Crippen LogP contribution in [0.5, 0.6) is 0 Å². The average molecular weight is 234 g/mol. The molecule has 2 rings (SSSR count). The Labute approximate surface area is 108 Å². The van der Waals surface area contributed by atoms with E-state index in [1.807, 2.05) is 27.7 Å². The summed E-state index contributed by atoms with van der Waals surface area (Å²) in [5, 5.41) is 0. The van der Waals surface area contributed by atoms with Gasteiger partial charge in [0.25, 0.3) is 0 Å². The third-order valence-electron chi connectivity index (χ3n) is 3.42. The van der Waals surface area contributed by atoms with Crippen LogP contribution in [0.15, 0.2) is 24.3 Å². The summed E-state index contributed by atoms with van der Waals surface area (Å²) < 4.78 is 0. The first-order valence-electron chi connectivity index (χ1n) is 7.21. The van der Waals surface area contributed by atoms with Gasteiger partial charge in [-0.15, -0.1) is 0 Å². The molecule has 1 aliphatic rings. The molecular weight excluding hydrogens is 204 g/mol. The third kappa shape index (κ3) is 3.87. The maximum Gasteiger partial charge on any atom is -0.0101 e. The van der Waals surface area contributed by atoms with Crippen molar-refractivity contribution in [2.75, 3.05) is 0 Å². The van der Waals surface area contributed by atoms with Gasteiger partial charge < -0.3 is 0 Å². The van der Waals surface area contributed by atoms with Gasteiger partial charge in [0.1, 0.15) is 0 Å². The van der Waals surface area contributed by atoms with Crippen LogP contribution in [0.4, 0.5) is 0 Å². The first-order valence-corrected chi connectivity index (χ1v) is 7.21. The van der Waals surface area contributed by atoms with Crippen molar-refractivity contribution in [1.29, 1.82) is 0 Å². The van der Waals surface area contributed by atoms with E-state index in [4.69, 9.17) is 0 Å². The first-order chi connectivity index (χ1) is 8.11. The first kappa shape index (κ1) is 16.2. The standard InChI is InChI=1S/C13H18.2C2H6/c1-10-8-9-13(2,3)12-7-5-4-6-11(10)12;2*1-2/h4-7,10H,8-9H2,1-3H3;2*1-2H3/t10-;;/m0../s1. The van der Waals surface area contributed by atoms with Gasteiger partial charge in [-0.2, -0.15) is 0 Å². The lowest BCUT2D eigenvalue weighted by atomic mass is 9.69. The van der Waals surface area contributed by atoms with Gasteiger partial charge in [0.05, 0.1) is 0 Å². The molecule has 0 heteroatoms. The minimum Gasteiger partial charge on any atom is -0.0683 e. The third-order valence-corrected chi connectivity index (χ3v) is 3.42. The molecule has 0 fully saturated rings. The molecular formula is C17H30. The molecule has 0 amide bonds. The van der Waals surface area contributed by atoms with Crippen molar-refractivity contribution in [3.63, 3.8) is 0 Å². The fourth-order valence-electron chi connectivity index (χ4n) is 2.41. The number of fused-ring (bicyclic) bond motifs is 1. The summed E-state index contributed by atoms with van der Waals surface area (Å²) in [6.45, 7) is 15.1. The lowest BCUT2D eigenvalue weighted by Gasteiger charge is -2.35. The molecule has 0 spiro atoms. The molecule has 1 aromatic carbocycles. The van der Waals surface area contributed by atoms with Crippen molar-refractivity contribution in [3.05, 3.63) is 35.4 Å². The van der Waals surface area contributed by atoms with Crippen LogP contribution in [0.3, 0.4) is 0 Å². The van der Waals surface area contributed by atoms with E-state index in [-0.39, 0.29) is 0 Å². The molecule has 0 saturated carbocycles. The van der Waals surface area contributed by atoms with Crippen molar-refractivity contribution in [1.82, 2.24) is 0 Å². The number of rotatable bonds is 0. The minimum absolute atomic E-state index is 0.392. The Balaban J connectivity index is 0.000000581. The van der Waals surface area contributed by atoms with Crippen molar-refractivity contribution in [3.8, 4) is 0 Å². The van der Waals surface area contributed by atoms with Gasteiger partial charge in [-0.3, -0.25) is 0 Å². The topological polar surface area (TPSA) is 0 Å². The fourth-order valence-corrected chi connectivity index (χ4v) is 2.41. The van der Waals surface area contributed by atoms with E-state index in [9.17, 15) is 0 Å². The second-order valence-corrected chi connectivity index (χ2v) is 4.91. The van der Waals surface area contributed by atoms with Gasteiger partial charge in [0, 0.05) is 0 Å². The van der Waals surface area contributed by atoms with Gasteiger partial charge in [-0.25, -0.2) is 0 Å². The van der Waals surface area contributed by atoms with Gasteiger partial charge in [0.2, 0.25) is 0 Å². The second-order valence-electron chi connectivity index (χ2n) is 4.91. The molecule has 0 radical (unpaired) electrons. The monoisotopic (exact) mass is 234 g/mol. The maximum absolute atomic E-state index is 2.36. The predicted octanol–water partition coefficient (Wildman–Crippen LogP) is 5.91. The van der Waals surface area contributed by atoms with Crippen LogP contribution in [-0.2, 0) is 5.41 Å². The van der Waals surface area contributed by atoms with Crippen LogP contribution in [0.1, 0.15) is 78.4 Å². The van der Waals surface area contributed by atoms with Gasteiger partial charge in [-0.1, -0.05) is 72.7 Å². The van der Waals surface area contributed by atoms with E-state index >= 15 is 0 Å². The number of hydrogen-bond donors (Lipinski definition) is 0. The largest absolute Gasteiger partial charge is 0.0683 e. The molecule has 0 N–H and O–H groups in total. The minimum atomic E-state index is 0.392. The van der Waals surface area contributed by atoms with E-state index < -0.39 is 0 Å².